The molecule has 0 saturated carbocycles. The van der Waals surface area contributed by atoms with Crippen LogP contribution in [0.15, 0.2) is 132 Å². The van der Waals surface area contributed by atoms with Crippen molar-refractivity contribution in [1.29, 1.82) is 0 Å². The minimum Gasteiger partial charge on any atom is -0.457 e. The van der Waals surface area contributed by atoms with Gasteiger partial charge >= 0.3 is 0 Å². The van der Waals surface area contributed by atoms with E-state index in [4.69, 9.17) is 9.26 Å². The molecule has 0 fully saturated rings. The van der Waals surface area contributed by atoms with Crippen LogP contribution in [0.2, 0.25) is 0 Å². The topological polar surface area (TPSA) is 59.6 Å². The number of hydrogen-bond donors (Lipinski definition) is 0. The second kappa shape index (κ2) is 10.5. The molecule has 0 bridgehead atoms. The second-order valence-electron chi connectivity index (χ2n) is 11.0. The molecule has 4 aromatic carbocycles. The summed E-state index contributed by atoms with van der Waals surface area (Å²) < 4.78 is 14.4. The summed E-state index contributed by atoms with van der Waals surface area (Å²) in [5.41, 5.74) is 7.09. The smallest absolute Gasteiger partial charge is 0.141 e. The Labute approximate surface area is 254 Å². The molecule has 7 aromatic rings. The Kier molecular flexibility index (Phi) is 6.15. The first-order chi connectivity index (χ1) is 21.6. The molecular weight excluding hydrogens is 546 g/mol. The van der Waals surface area contributed by atoms with Gasteiger partial charge in [0.1, 0.15) is 23.1 Å². The molecule has 0 spiro atoms. The maximum Gasteiger partial charge on any atom is 0.141 e. The van der Waals surface area contributed by atoms with Gasteiger partial charge in [-0.3, -0.25) is 4.57 Å². The van der Waals surface area contributed by atoms with Gasteiger partial charge in [0.05, 0.1) is 23.4 Å². The largest absolute Gasteiger partial charge is 0.457 e. The number of aryl methyl sites for hydroxylation is 2. The highest BCUT2D eigenvalue weighted by atomic mass is 16.5. The SMILES string of the molecule is Cc1noc(C)c1-c1cc(Oc2ccc3c4ccccc4n(-c4ccccn4)c3c2)cc(N2C=CN(c3ccccc3)C2)c1. The molecule has 0 unspecified atom stereocenters. The average Bonchev–Trinajstić information content (AvgIpc) is 3.77. The van der Waals surface area contributed by atoms with Crippen molar-refractivity contribution in [3.8, 4) is 28.4 Å². The van der Waals surface area contributed by atoms with Crippen LogP contribution in [0.1, 0.15) is 11.5 Å². The zero-order valence-corrected chi connectivity index (χ0v) is 24.4. The standard InChI is InChI=1S/C37H29N5O2/c1-25-37(26(2)44-39-25)27-20-29(41-19-18-40(24-41)28-10-4-3-5-11-28)22-31(21-27)43-30-15-16-33-32-12-6-7-13-34(32)42(35(33)23-30)36-14-8-9-17-38-36/h3-23H,24H2,1-2H3. The first-order valence-electron chi connectivity index (χ1n) is 14.6. The Morgan fingerprint density at radius 1 is 0.682 bits per heavy atom. The van der Waals surface area contributed by atoms with Gasteiger partial charge in [0.25, 0.3) is 0 Å². The van der Waals surface area contributed by atoms with E-state index in [1.54, 1.807) is 0 Å². The second-order valence-corrected chi connectivity index (χ2v) is 11.0. The predicted octanol–water partition coefficient (Wildman–Crippen LogP) is 9.00. The monoisotopic (exact) mass is 575 g/mol. The molecule has 214 valence electrons. The molecular formula is C37H29N5O2. The van der Waals surface area contributed by atoms with E-state index in [1.165, 1.54) is 5.39 Å². The summed E-state index contributed by atoms with van der Waals surface area (Å²) in [4.78, 5) is 9.09. The van der Waals surface area contributed by atoms with E-state index in [1.807, 2.05) is 50.4 Å². The van der Waals surface area contributed by atoms with Gasteiger partial charge in [-0.1, -0.05) is 47.6 Å². The molecule has 0 N–H and O–H groups in total. The highest BCUT2D eigenvalue weighted by Gasteiger charge is 2.20. The highest BCUT2D eigenvalue weighted by Crippen LogP contribution is 2.39. The normalized spacial score (nSPS) is 13.0. The van der Waals surface area contributed by atoms with Gasteiger partial charge in [-0.05, 0) is 74.0 Å². The molecule has 0 aliphatic carbocycles. The Hall–Kier alpha value is -5.82. The summed E-state index contributed by atoms with van der Waals surface area (Å²) in [7, 11) is 0. The number of para-hydroxylation sites is 2. The van der Waals surface area contributed by atoms with E-state index in [2.05, 4.69) is 116 Å². The fraction of sp³-hybridized carbons (Fsp3) is 0.0811. The fourth-order valence-electron chi connectivity index (χ4n) is 6.10. The molecule has 1 aliphatic rings. The number of aromatic nitrogens is 3. The van der Waals surface area contributed by atoms with E-state index in [0.717, 1.165) is 67.7 Å². The number of nitrogens with zero attached hydrogens (tertiary/aromatic N) is 5. The van der Waals surface area contributed by atoms with E-state index in [0.29, 0.717) is 6.67 Å². The van der Waals surface area contributed by atoms with E-state index in [9.17, 15) is 0 Å². The van der Waals surface area contributed by atoms with Gasteiger partial charge in [-0.2, -0.15) is 0 Å². The number of pyridine rings is 1. The highest BCUT2D eigenvalue weighted by molar-refractivity contribution is 6.09. The van der Waals surface area contributed by atoms with Gasteiger partial charge in [0, 0.05) is 58.4 Å². The molecule has 7 heteroatoms. The Balaban J connectivity index is 1.21. The summed E-state index contributed by atoms with van der Waals surface area (Å²) in [6.45, 7) is 4.60. The molecule has 0 radical (unpaired) electrons. The minimum absolute atomic E-state index is 0.685. The van der Waals surface area contributed by atoms with Gasteiger partial charge in [-0.15, -0.1) is 0 Å². The number of benzene rings is 4. The van der Waals surface area contributed by atoms with Crippen LogP contribution in [0.5, 0.6) is 11.5 Å². The predicted molar refractivity (Wildman–Crippen MR) is 175 cm³/mol. The molecule has 4 heterocycles. The maximum atomic E-state index is 6.65. The van der Waals surface area contributed by atoms with Crippen LogP contribution >= 0.6 is 0 Å². The zero-order valence-electron chi connectivity index (χ0n) is 24.4. The summed E-state index contributed by atoms with van der Waals surface area (Å²) in [6, 6.07) is 37.3. The average molecular weight is 576 g/mol. The van der Waals surface area contributed by atoms with Crippen molar-refractivity contribution in [3.63, 3.8) is 0 Å². The van der Waals surface area contributed by atoms with Crippen LogP contribution in [-0.2, 0) is 0 Å². The Bertz CT molecular complexity index is 2150. The third kappa shape index (κ3) is 4.46. The molecule has 0 saturated heterocycles. The van der Waals surface area contributed by atoms with E-state index < -0.39 is 0 Å². The third-order valence-electron chi connectivity index (χ3n) is 8.12. The van der Waals surface area contributed by atoms with Gasteiger partial charge in [-0.25, -0.2) is 4.98 Å². The summed E-state index contributed by atoms with van der Waals surface area (Å²) in [5.74, 6) is 3.10. The van der Waals surface area contributed by atoms with Crippen molar-refractivity contribution in [1.82, 2.24) is 14.7 Å². The number of anilines is 2. The summed E-state index contributed by atoms with van der Waals surface area (Å²) in [6.07, 6.45) is 6.02. The lowest BCUT2D eigenvalue weighted by Gasteiger charge is -2.22. The van der Waals surface area contributed by atoms with Crippen LogP contribution in [0.25, 0.3) is 38.8 Å². The lowest BCUT2D eigenvalue weighted by molar-refractivity contribution is 0.393. The van der Waals surface area contributed by atoms with Gasteiger partial charge in [0.2, 0.25) is 0 Å². The lowest BCUT2D eigenvalue weighted by atomic mass is 10.0. The molecule has 8 rings (SSSR count). The van der Waals surface area contributed by atoms with Crippen molar-refractivity contribution in [3.05, 3.63) is 139 Å². The first kappa shape index (κ1) is 25.9. The van der Waals surface area contributed by atoms with Crippen molar-refractivity contribution < 1.29 is 9.26 Å². The van der Waals surface area contributed by atoms with Gasteiger partial charge in [0.15, 0.2) is 0 Å². The number of fused-ring (bicyclic) bond motifs is 3. The Morgan fingerprint density at radius 2 is 1.45 bits per heavy atom. The van der Waals surface area contributed by atoms with Crippen LogP contribution in [0, 0.1) is 13.8 Å². The molecule has 7 nitrogen and oxygen atoms in total. The van der Waals surface area contributed by atoms with Gasteiger partial charge < -0.3 is 19.1 Å². The van der Waals surface area contributed by atoms with Crippen LogP contribution in [-0.4, -0.2) is 21.4 Å². The van der Waals surface area contributed by atoms with Crippen molar-refractivity contribution in [2.45, 2.75) is 13.8 Å². The zero-order chi connectivity index (χ0) is 29.6. The number of rotatable bonds is 6. The fourth-order valence-corrected chi connectivity index (χ4v) is 6.10. The lowest BCUT2D eigenvalue weighted by Crippen LogP contribution is -2.24. The molecule has 0 amide bonds. The summed E-state index contributed by atoms with van der Waals surface area (Å²) in [5, 5.41) is 6.54. The van der Waals surface area contributed by atoms with Crippen LogP contribution in [0.3, 0.4) is 0 Å². The van der Waals surface area contributed by atoms with Crippen molar-refractivity contribution in [2.75, 3.05) is 16.5 Å². The molecule has 1 aliphatic heterocycles. The van der Waals surface area contributed by atoms with E-state index >= 15 is 0 Å². The van der Waals surface area contributed by atoms with Crippen molar-refractivity contribution in [2.24, 2.45) is 0 Å². The number of hydrogen-bond acceptors (Lipinski definition) is 6. The molecule has 44 heavy (non-hydrogen) atoms. The van der Waals surface area contributed by atoms with E-state index in [-0.39, 0.29) is 0 Å². The summed E-state index contributed by atoms with van der Waals surface area (Å²) >= 11 is 0. The Morgan fingerprint density at radius 3 is 2.25 bits per heavy atom. The third-order valence-corrected chi connectivity index (χ3v) is 8.12. The minimum atomic E-state index is 0.685. The van der Waals surface area contributed by atoms with Crippen molar-refractivity contribution >= 4 is 33.2 Å². The van der Waals surface area contributed by atoms with Crippen LogP contribution in [0.4, 0.5) is 11.4 Å². The van der Waals surface area contributed by atoms with Crippen LogP contribution < -0.4 is 14.5 Å². The quantitative estimate of drug-likeness (QED) is 0.197. The number of ether oxygens (including phenoxy) is 1. The maximum absolute atomic E-state index is 6.65. The first-order valence-corrected chi connectivity index (χ1v) is 14.6. The molecule has 0 atom stereocenters. The molecule has 3 aromatic heterocycles.